The maximum absolute atomic E-state index is 10.4. The second-order valence-corrected chi connectivity index (χ2v) is 2.85. The summed E-state index contributed by atoms with van der Waals surface area (Å²) in [6, 6.07) is 6.22. The van der Waals surface area contributed by atoms with Gasteiger partial charge in [0.2, 0.25) is 0 Å². The van der Waals surface area contributed by atoms with E-state index in [0.29, 0.717) is 5.69 Å². The molecule has 5 heteroatoms. The summed E-state index contributed by atoms with van der Waals surface area (Å²) in [7, 11) is 0. The van der Waals surface area contributed by atoms with E-state index in [1.807, 2.05) is 0 Å². The van der Waals surface area contributed by atoms with Crippen LogP contribution in [0, 0.1) is 0 Å². The van der Waals surface area contributed by atoms with Crippen molar-refractivity contribution >= 4 is 24.1 Å². The van der Waals surface area contributed by atoms with Gasteiger partial charge in [0.1, 0.15) is 6.04 Å². The van der Waals surface area contributed by atoms with E-state index in [4.69, 9.17) is 16.6 Å². The highest BCUT2D eigenvalue weighted by molar-refractivity contribution is 5.85. The molecule has 0 aromatic heterocycles. The minimum absolute atomic E-state index is 0. The molecule has 0 bridgehead atoms. The Bertz CT molecular complexity index is 317. The highest BCUT2D eigenvalue weighted by Gasteiger charge is 2.12. The molecule has 1 atom stereocenters. The van der Waals surface area contributed by atoms with Crippen LogP contribution in [-0.4, -0.2) is 17.1 Å². The van der Waals surface area contributed by atoms with Crippen molar-refractivity contribution in [3.63, 3.8) is 0 Å². The molecule has 0 saturated carbocycles. The predicted octanol–water partition coefficient (Wildman–Crippen LogP) is 0.645. The van der Waals surface area contributed by atoms with Crippen LogP contribution in [0.15, 0.2) is 24.3 Å². The summed E-state index contributed by atoms with van der Waals surface area (Å²) in [5, 5.41) is 8.57. The summed E-state index contributed by atoms with van der Waals surface area (Å²) < 4.78 is 0. The molecule has 1 rings (SSSR count). The fourth-order valence-corrected chi connectivity index (χ4v) is 1.04. The van der Waals surface area contributed by atoms with Crippen molar-refractivity contribution < 1.29 is 9.90 Å². The number of carboxylic acids is 1. The van der Waals surface area contributed by atoms with Crippen molar-refractivity contribution in [2.75, 3.05) is 5.73 Å². The van der Waals surface area contributed by atoms with Crippen LogP contribution >= 0.6 is 12.4 Å². The molecular weight excluding hydrogens is 204 g/mol. The Kier molecular flexibility index (Phi) is 4.97. The van der Waals surface area contributed by atoms with Gasteiger partial charge in [-0.15, -0.1) is 12.4 Å². The van der Waals surface area contributed by atoms with E-state index in [1.54, 1.807) is 24.3 Å². The van der Waals surface area contributed by atoms with E-state index in [0.717, 1.165) is 5.56 Å². The minimum atomic E-state index is -1.01. The van der Waals surface area contributed by atoms with Crippen molar-refractivity contribution in [2.45, 2.75) is 12.5 Å². The molecule has 4 nitrogen and oxygen atoms in total. The fourth-order valence-electron chi connectivity index (χ4n) is 1.04. The molecule has 0 saturated heterocycles. The SMILES string of the molecule is Cl.Nc1ccccc1C[C@H](N)C(=O)O. The molecule has 0 amide bonds. The lowest BCUT2D eigenvalue weighted by Gasteiger charge is -2.08. The van der Waals surface area contributed by atoms with Crippen molar-refractivity contribution in [3.05, 3.63) is 29.8 Å². The summed E-state index contributed by atoms with van der Waals surface area (Å²) in [4.78, 5) is 10.4. The van der Waals surface area contributed by atoms with Crippen molar-refractivity contribution in [3.8, 4) is 0 Å². The maximum atomic E-state index is 10.4. The van der Waals surface area contributed by atoms with Gasteiger partial charge in [-0.05, 0) is 11.6 Å². The number of aliphatic carboxylic acids is 1. The summed E-state index contributed by atoms with van der Waals surface area (Å²) in [5.74, 6) is -1.01. The Morgan fingerprint density at radius 3 is 2.50 bits per heavy atom. The molecule has 1 aromatic carbocycles. The summed E-state index contributed by atoms with van der Waals surface area (Å²) in [5.41, 5.74) is 12.3. The van der Waals surface area contributed by atoms with E-state index < -0.39 is 12.0 Å². The number of carboxylic acid groups (broad SMARTS) is 1. The average molecular weight is 217 g/mol. The van der Waals surface area contributed by atoms with Gasteiger partial charge in [-0.1, -0.05) is 18.2 Å². The van der Waals surface area contributed by atoms with Gasteiger partial charge < -0.3 is 16.6 Å². The van der Waals surface area contributed by atoms with Crippen LogP contribution in [-0.2, 0) is 11.2 Å². The zero-order chi connectivity index (χ0) is 9.84. The van der Waals surface area contributed by atoms with E-state index in [9.17, 15) is 4.79 Å². The number of para-hydroxylation sites is 1. The molecule has 0 unspecified atom stereocenters. The molecule has 0 fully saturated rings. The van der Waals surface area contributed by atoms with Gasteiger partial charge in [0.25, 0.3) is 0 Å². The Labute approximate surface area is 88.3 Å². The zero-order valence-corrected chi connectivity index (χ0v) is 8.33. The smallest absolute Gasteiger partial charge is 0.320 e. The normalized spacial score (nSPS) is 11.5. The second-order valence-electron chi connectivity index (χ2n) is 2.85. The molecule has 0 radical (unpaired) electrons. The number of benzene rings is 1. The molecule has 5 N–H and O–H groups in total. The lowest BCUT2D eigenvalue weighted by Crippen LogP contribution is -2.32. The van der Waals surface area contributed by atoms with Gasteiger partial charge in [-0.2, -0.15) is 0 Å². The molecule has 1 aromatic rings. The number of anilines is 1. The number of halogens is 1. The summed E-state index contributed by atoms with van der Waals surface area (Å²) in [6.07, 6.45) is 0.266. The van der Waals surface area contributed by atoms with Crippen LogP contribution < -0.4 is 11.5 Å². The molecular formula is C9H13ClN2O2. The molecule has 0 heterocycles. The Morgan fingerprint density at radius 1 is 1.43 bits per heavy atom. The highest BCUT2D eigenvalue weighted by atomic mass is 35.5. The van der Waals surface area contributed by atoms with Gasteiger partial charge in [0, 0.05) is 12.1 Å². The Hall–Kier alpha value is -1.26. The Morgan fingerprint density at radius 2 is 2.00 bits per heavy atom. The first-order chi connectivity index (χ1) is 6.11. The molecule has 0 spiro atoms. The van der Waals surface area contributed by atoms with Crippen LogP contribution in [0.3, 0.4) is 0 Å². The lowest BCUT2D eigenvalue weighted by molar-refractivity contribution is -0.138. The van der Waals surface area contributed by atoms with Gasteiger partial charge in [-0.3, -0.25) is 4.79 Å². The van der Waals surface area contributed by atoms with Crippen molar-refractivity contribution in [1.29, 1.82) is 0 Å². The van der Waals surface area contributed by atoms with Crippen LogP contribution in [0.4, 0.5) is 5.69 Å². The number of nitrogens with two attached hydrogens (primary N) is 2. The molecule has 0 aliphatic carbocycles. The van der Waals surface area contributed by atoms with E-state index in [1.165, 1.54) is 0 Å². The highest BCUT2D eigenvalue weighted by Crippen LogP contribution is 2.11. The largest absolute Gasteiger partial charge is 0.480 e. The van der Waals surface area contributed by atoms with E-state index in [2.05, 4.69) is 0 Å². The average Bonchev–Trinajstić information content (AvgIpc) is 2.08. The van der Waals surface area contributed by atoms with Gasteiger partial charge in [0.05, 0.1) is 0 Å². The zero-order valence-electron chi connectivity index (χ0n) is 7.51. The maximum Gasteiger partial charge on any atom is 0.320 e. The van der Waals surface area contributed by atoms with Gasteiger partial charge >= 0.3 is 5.97 Å². The van der Waals surface area contributed by atoms with Crippen LogP contribution in [0.25, 0.3) is 0 Å². The van der Waals surface area contributed by atoms with Crippen LogP contribution in [0.2, 0.25) is 0 Å². The number of nitrogen functional groups attached to an aromatic ring is 1. The molecule has 0 aliphatic heterocycles. The van der Waals surface area contributed by atoms with E-state index >= 15 is 0 Å². The monoisotopic (exact) mass is 216 g/mol. The standard InChI is InChI=1S/C9H12N2O2.ClH/c10-7-4-2-1-3-6(7)5-8(11)9(12)13;/h1-4,8H,5,10-11H2,(H,12,13);1H/t8-;/m0./s1. The number of hydrogen-bond donors (Lipinski definition) is 3. The van der Waals surface area contributed by atoms with Crippen molar-refractivity contribution in [2.24, 2.45) is 5.73 Å². The summed E-state index contributed by atoms with van der Waals surface area (Å²) in [6.45, 7) is 0. The first-order valence-electron chi connectivity index (χ1n) is 3.93. The number of hydrogen-bond acceptors (Lipinski definition) is 3. The van der Waals surface area contributed by atoms with Gasteiger partial charge in [-0.25, -0.2) is 0 Å². The quantitative estimate of drug-likeness (QED) is 0.647. The van der Waals surface area contributed by atoms with Crippen LogP contribution in [0.1, 0.15) is 5.56 Å². The second kappa shape index (κ2) is 5.47. The minimum Gasteiger partial charge on any atom is -0.480 e. The molecule has 14 heavy (non-hydrogen) atoms. The first-order valence-corrected chi connectivity index (χ1v) is 3.93. The summed E-state index contributed by atoms with van der Waals surface area (Å²) >= 11 is 0. The van der Waals surface area contributed by atoms with Crippen molar-refractivity contribution in [1.82, 2.24) is 0 Å². The number of carbonyl (C=O) groups is 1. The third-order valence-electron chi connectivity index (χ3n) is 1.81. The third kappa shape index (κ3) is 3.24. The van der Waals surface area contributed by atoms with Crippen LogP contribution in [0.5, 0.6) is 0 Å². The molecule has 0 aliphatic rings. The van der Waals surface area contributed by atoms with Gasteiger partial charge in [0.15, 0.2) is 0 Å². The first kappa shape index (κ1) is 12.7. The lowest BCUT2D eigenvalue weighted by atomic mass is 10.1. The third-order valence-corrected chi connectivity index (χ3v) is 1.81. The predicted molar refractivity (Wildman–Crippen MR) is 57.4 cm³/mol. The molecule has 78 valence electrons. The fraction of sp³-hybridized carbons (Fsp3) is 0.222. The number of rotatable bonds is 3. The van der Waals surface area contributed by atoms with E-state index in [-0.39, 0.29) is 18.8 Å². The topological polar surface area (TPSA) is 89.3 Å². The Balaban J connectivity index is 0.00000169.